The molecule has 2 rings (SSSR count). The number of ether oxygens (including phenoxy) is 3. The average molecular weight is 335 g/mol. The summed E-state index contributed by atoms with van der Waals surface area (Å²) in [6, 6.07) is 9.93. The fourth-order valence-corrected chi connectivity index (χ4v) is 2.74. The first-order valence-corrected chi connectivity index (χ1v) is 8.56. The van der Waals surface area contributed by atoms with Crippen molar-refractivity contribution in [2.45, 2.75) is 45.5 Å². The van der Waals surface area contributed by atoms with E-state index in [-0.39, 0.29) is 12.4 Å². The fourth-order valence-electron chi connectivity index (χ4n) is 2.74. The smallest absolute Gasteiger partial charge is 0.410 e. The zero-order valence-corrected chi connectivity index (χ0v) is 15.2. The van der Waals surface area contributed by atoms with E-state index in [4.69, 9.17) is 14.2 Å². The fraction of sp³-hybridized carbons (Fsp3) is 0.632. The van der Waals surface area contributed by atoms with Crippen molar-refractivity contribution >= 4 is 6.09 Å². The molecule has 1 aromatic rings. The molecule has 5 heteroatoms. The molecule has 1 unspecified atom stereocenters. The molecule has 1 aliphatic rings. The van der Waals surface area contributed by atoms with E-state index in [0.717, 1.165) is 18.4 Å². The highest BCUT2D eigenvalue weighted by Crippen LogP contribution is 2.24. The molecule has 134 valence electrons. The lowest BCUT2D eigenvalue weighted by atomic mass is 9.98. The van der Waals surface area contributed by atoms with Gasteiger partial charge in [0.2, 0.25) is 0 Å². The van der Waals surface area contributed by atoms with Crippen LogP contribution in [0.3, 0.4) is 0 Å². The molecule has 5 nitrogen and oxygen atoms in total. The third-order valence-electron chi connectivity index (χ3n) is 4.04. The third-order valence-corrected chi connectivity index (χ3v) is 4.04. The Bertz CT molecular complexity index is 504. The van der Waals surface area contributed by atoms with Gasteiger partial charge in [0.1, 0.15) is 5.60 Å². The highest BCUT2D eigenvalue weighted by molar-refractivity contribution is 5.68. The van der Waals surface area contributed by atoms with Gasteiger partial charge < -0.3 is 19.1 Å². The minimum atomic E-state index is -0.446. The van der Waals surface area contributed by atoms with Gasteiger partial charge in [-0.25, -0.2) is 4.79 Å². The summed E-state index contributed by atoms with van der Waals surface area (Å²) in [4.78, 5) is 13.9. The Hall–Kier alpha value is -1.59. The standard InChI is InChI=1S/C19H29NO4/c1-19(2,3)24-18(21)20-12-10-15(11-13-20)14-23-17(22-4)16-8-6-5-7-9-16/h5-9,15,17H,10-14H2,1-4H3. The molecule has 24 heavy (non-hydrogen) atoms. The number of hydrogen-bond donors (Lipinski definition) is 0. The monoisotopic (exact) mass is 335 g/mol. The molecule has 1 aromatic carbocycles. The van der Waals surface area contributed by atoms with Crippen LogP contribution in [0.1, 0.15) is 45.5 Å². The zero-order chi connectivity index (χ0) is 17.6. The molecule has 0 spiro atoms. The van der Waals surface area contributed by atoms with E-state index in [2.05, 4.69) is 0 Å². The van der Waals surface area contributed by atoms with E-state index in [0.29, 0.717) is 25.6 Å². The van der Waals surface area contributed by atoms with E-state index < -0.39 is 5.60 Å². The summed E-state index contributed by atoms with van der Waals surface area (Å²) in [5.41, 5.74) is 0.574. The first kappa shape index (κ1) is 18.7. The first-order valence-electron chi connectivity index (χ1n) is 8.56. The maximum Gasteiger partial charge on any atom is 0.410 e. The normalized spacial score (nSPS) is 17.6. The second kappa shape index (κ2) is 8.49. The number of benzene rings is 1. The molecule has 1 amide bonds. The number of rotatable bonds is 5. The molecular weight excluding hydrogens is 306 g/mol. The van der Waals surface area contributed by atoms with E-state index in [9.17, 15) is 4.79 Å². The Morgan fingerprint density at radius 3 is 2.38 bits per heavy atom. The number of carbonyl (C=O) groups is 1. The number of nitrogens with zero attached hydrogens (tertiary/aromatic N) is 1. The summed E-state index contributed by atoms with van der Waals surface area (Å²) in [6.07, 6.45) is 1.28. The minimum absolute atomic E-state index is 0.221. The van der Waals surface area contributed by atoms with Crippen LogP contribution in [-0.2, 0) is 14.2 Å². The molecule has 0 saturated carbocycles. The molecule has 1 atom stereocenters. The predicted octanol–water partition coefficient (Wildman–Crippen LogP) is 4.00. The van der Waals surface area contributed by atoms with Crippen LogP contribution in [0.5, 0.6) is 0 Å². The lowest BCUT2D eigenvalue weighted by molar-refractivity contribution is -0.139. The van der Waals surface area contributed by atoms with Crippen LogP contribution in [0.15, 0.2) is 30.3 Å². The topological polar surface area (TPSA) is 48.0 Å². The van der Waals surface area contributed by atoms with Gasteiger partial charge in [0.15, 0.2) is 6.29 Å². The SMILES string of the molecule is COC(OCC1CCN(C(=O)OC(C)(C)C)CC1)c1ccccc1. The summed E-state index contributed by atoms with van der Waals surface area (Å²) >= 11 is 0. The molecule has 0 aliphatic carbocycles. The Labute approximate surface area is 144 Å². The zero-order valence-electron chi connectivity index (χ0n) is 15.2. The molecule has 1 saturated heterocycles. The number of amides is 1. The van der Waals surface area contributed by atoms with Gasteiger partial charge in [0.05, 0.1) is 6.61 Å². The van der Waals surface area contributed by atoms with Crippen molar-refractivity contribution in [1.29, 1.82) is 0 Å². The maximum absolute atomic E-state index is 12.1. The van der Waals surface area contributed by atoms with E-state index in [1.54, 1.807) is 12.0 Å². The Morgan fingerprint density at radius 1 is 1.21 bits per heavy atom. The van der Waals surface area contributed by atoms with Crippen LogP contribution in [0.4, 0.5) is 4.79 Å². The molecule has 0 bridgehead atoms. The highest BCUT2D eigenvalue weighted by atomic mass is 16.7. The van der Waals surface area contributed by atoms with Gasteiger partial charge in [-0.1, -0.05) is 30.3 Å². The molecular formula is C19H29NO4. The lowest BCUT2D eigenvalue weighted by Gasteiger charge is -2.33. The van der Waals surface area contributed by atoms with Crippen LogP contribution in [0, 0.1) is 5.92 Å². The second-order valence-electron chi connectivity index (χ2n) is 7.22. The number of hydrogen-bond acceptors (Lipinski definition) is 4. The summed E-state index contributed by atoms with van der Waals surface area (Å²) in [7, 11) is 1.66. The van der Waals surface area contributed by atoms with Crippen LogP contribution in [-0.4, -0.2) is 43.4 Å². The summed E-state index contributed by atoms with van der Waals surface area (Å²) in [5, 5.41) is 0. The molecule has 0 radical (unpaired) electrons. The van der Waals surface area contributed by atoms with Crippen molar-refractivity contribution in [1.82, 2.24) is 4.90 Å². The van der Waals surface area contributed by atoms with Gasteiger partial charge in [-0.3, -0.25) is 0 Å². The Kier molecular flexibility index (Phi) is 6.63. The van der Waals surface area contributed by atoms with Crippen LogP contribution >= 0.6 is 0 Å². The minimum Gasteiger partial charge on any atom is -0.444 e. The van der Waals surface area contributed by atoms with Crippen molar-refractivity contribution in [3.8, 4) is 0 Å². The highest BCUT2D eigenvalue weighted by Gasteiger charge is 2.27. The number of piperidine rings is 1. The van der Waals surface area contributed by atoms with Gasteiger partial charge >= 0.3 is 6.09 Å². The van der Waals surface area contributed by atoms with Gasteiger partial charge in [-0.2, -0.15) is 0 Å². The van der Waals surface area contributed by atoms with Crippen LogP contribution in [0.25, 0.3) is 0 Å². The summed E-state index contributed by atoms with van der Waals surface area (Å²) < 4.78 is 16.8. The van der Waals surface area contributed by atoms with Gasteiger partial charge in [0, 0.05) is 25.8 Å². The van der Waals surface area contributed by atoms with Crippen molar-refractivity contribution in [3.63, 3.8) is 0 Å². The lowest BCUT2D eigenvalue weighted by Crippen LogP contribution is -2.42. The number of likely N-dealkylation sites (tertiary alicyclic amines) is 1. The number of methoxy groups -OCH3 is 1. The molecule has 1 fully saturated rings. The molecule has 1 heterocycles. The molecule has 0 aromatic heterocycles. The van der Waals surface area contributed by atoms with Crippen molar-refractivity contribution in [3.05, 3.63) is 35.9 Å². The molecule has 1 aliphatic heterocycles. The van der Waals surface area contributed by atoms with Crippen molar-refractivity contribution in [2.75, 3.05) is 26.8 Å². The van der Waals surface area contributed by atoms with Crippen molar-refractivity contribution < 1.29 is 19.0 Å². The third kappa shape index (κ3) is 5.80. The van der Waals surface area contributed by atoms with E-state index in [1.165, 1.54) is 0 Å². The predicted molar refractivity (Wildman–Crippen MR) is 92.7 cm³/mol. The van der Waals surface area contributed by atoms with E-state index in [1.807, 2.05) is 51.1 Å². The van der Waals surface area contributed by atoms with Crippen molar-refractivity contribution in [2.24, 2.45) is 5.92 Å². The second-order valence-corrected chi connectivity index (χ2v) is 7.22. The maximum atomic E-state index is 12.1. The van der Waals surface area contributed by atoms with Gasteiger partial charge in [-0.15, -0.1) is 0 Å². The van der Waals surface area contributed by atoms with Gasteiger partial charge in [0.25, 0.3) is 0 Å². The van der Waals surface area contributed by atoms with E-state index >= 15 is 0 Å². The Morgan fingerprint density at radius 2 is 1.83 bits per heavy atom. The molecule has 0 N–H and O–H groups in total. The summed E-state index contributed by atoms with van der Waals surface area (Å²) in [6.45, 7) is 7.73. The average Bonchev–Trinajstić information content (AvgIpc) is 2.55. The largest absolute Gasteiger partial charge is 0.444 e. The van der Waals surface area contributed by atoms with Crippen LogP contribution in [0.2, 0.25) is 0 Å². The Balaban J connectivity index is 1.76. The number of carbonyl (C=O) groups excluding carboxylic acids is 1. The quantitative estimate of drug-likeness (QED) is 0.763. The summed E-state index contributed by atoms with van der Waals surface area (Å²) in [5.74, 6) is 0.435. The van der Waals surface area contributed by atoms with Crippen LogP contribution < -0.4 is 0 Å². The van der Waals surface area contributed by atoms with Gasteiger partial charge in [-0.05, 0) is 39.5 Å². The first-order chi connectivity index (χ1) is 11.4.